The Balaban J connectivity index is 2.35. The van der Waals surface area contributed by atoms with Crippen LogP contribution in [-0.4, -0.2) is 33.1 Å². The molecule has 118 valence electrons. The van der Waals surface area contributed by atoms with E-state index in [0.29, 0.717) is 18.3 Å². The van der Waals surface area contributed by atoms with Gasteiger partial charge in [0.25, 0.3) is 0 Å². The highest BCUT2D eigenvalue weighted by Crippen LogP contribution is 2.25. The second kappa shape index (κ2) is 6.68. The Morgan fingerprint density at radius 1 is 1.27 bits per heavy atom. The van der Waals surface area contributed by atoms with Gasteiger partial charge in [-0.2, -0.15) is 5.21 Å². The molecule has 1 atom stereocenters. The number of anilines is 1. The zero-order valence-corrected chi connectivity index (χ0v) is 13.8. The van der Waals surface area contributed by atoms with Crippen LogP contribution in [0.2, 0.25) is 0 Å². The first-order valence-corrected chi connectivity index (χ1v) is 7.52. The summed E-state index contributed by atoms with van der Waals surface area (Å²) in [5.41, 5.74) is 3.22. The van der Waals surface area contributed by atoms with Crippen LogP contribution in [0.25, 0.3) is 0 Å². The number of nitrogens with zero attached hydrogens (tertiary/aromatic N) is 4. The Labute approximate surface area is 130 Å². The van der Waals surface area contributed by atoms with E-state index in [2.05, 4.69) is 40.5 Å². The van der Waals surface area contributed by atoms with E-state index in [0.717, 1.165) is 11.3 Å². The molecule has 1 aromatic heterocycles. The average molecular weight is 301 g/mol. The summed E-state index contributed by atoms with van der Waals surface area (Å²) in [6.07, 6.45) is 0. The number of hydrogen-bond donors (Lipinski definition) is 1. The lowest BCUT2D eigenvalue weighted by Gasteiger charge is -2.28. The van der Waals surface area contributed by atoms with Gasteiger partial charge in [0.1, 0.15) is 0 Å². The lowest BCUT2D eigenvalue weighted by Crippen LogP contribution is -2.38. The third-order valence-electron chi connectivity index (χ3n) is 3.58. The van der Waals surface area contributed by atoms with Crippen molar-refractivity contribution in [3.8, 4) is 0 Å². The van der Waals surface area contributed by atoms with Gasteiger partial charge in [-0.25, -0.2) is 0 Å². The molecule has 1 N–H and O–H groups in total. The fraction of sp³-hybridized carbons (Fsp3) is 0.500. The number of aromatic nitrogens is 4. The number of hydrogen-bond acceptors (Lipinski definition) is 4. The summed E-state index contributed by atoms with van der Waals surface area (Å²) in [6, 6.07) is 6.13. The molecule has 22 heavy (non-hydrogen) atoms. The second-order valence-electron chi connectivity index (χ2n) is 6.12. The predicted molar refractivity (Wildman–Crippen MR) is 85.7 cm³/mol. The van der Waals surface area contributed by atoms with Crippen LogP contribution >= 0.6 is 0 Å². The molecule has 6 heteroatoms. The summed E-state index contributed by atoms with van der Waals surface area (Å²) in [7, 11) is 0. The monoisotopic (exact) mass is 301 g/mol. The van der Waals surface area contributed by atoms with Crippen molar-refractivity contribution in [2.45, 2.75) is 40.5 Å². The van der Waals surface area contributed by atoms with E-state index < -0.39 is 5.92 Å². The first-order valence-electron chi connectivity index (χ1n) is 7.52. The van der Waals surface area contributed by atoms with Crippen LogP contribution in [0.1, 0.15) is 43.6 Å². The van der Waals surface area contributed by atoms with Gasteiger partial charge >= 0.3 is 0 Å². The molecular formula is C16H23N5O. The normalized spacial score (nSPS) is 12.5. The van der Waals surface area contributed by atoms with Crippen molar-refractivity contribution in [1.82, 2.24) is 20.6 Å². The molecule has 1 aromatic carbocycles. The standard InChI is InChI=1S/C16H23N5O/c1-10(2)9-21(14-7-6-11(3)8-12(14)4)16(22)13(5)15-17-19-20-18-15/h6-8,10,13H,9H2,1-5H3,(H,17,18,19,20). The van der Waals surface area contributed by atoms with Crippen molar-refractivity contribution >= 4 is 11.6 Å². The maximum absolute atomic E-state index is 12.9. The molecule has 6 nitrogen and oxygen atoms in total. The van der Waals surface area contributed by atoms with E-state index >= 15 is 0 Å². The summed E-state index contributed by atoms with van der Waals surface area (Å²) in [4.78, 5) is 14.8. The van der Waals surface area contributed by atoms with Gasteiger partial charge in [-0.15, -0.1) is 10.2 Å². The van der Waals surface area contributed by atoms with Crippen molar-refractivity contribution in [3.05, 3.63) is 35.2 Å². The number of carbonyl (C=O) groups excluding carboxylic acids is 1. The zero-order valence-electron chi connectivity index (χ0n) is 13.8. The molecular weight excluding hydrogens is 278 g/mol. The highest BCUT2D eigenvalue weighted by atomic mass is 16.2. The molecule has 0 spiro atoms. The number of aryl methyl sites for hydroxylation is 2. The molecule has 0 aliphatic carbocycles. The Kier molecular flexibility index (Phi) is 4.90. The minimum Gasteiger partial charge on any atom is -0.311 e. The highest BCUT2D eigenvalue weighted by molar-refractivity contribution is 5.98. The summed E-state index contributed by atoms with van der Waals surface area (Å²) in [5, 5.41) is 13.8. The quantitative estimate of drug-likeness (QED) is 0.921. The van der Waals surface area contributed by atoms with Gasteiger partial charge in [0.2, 0.25) is 5.91 Å². The number of benzene rings is 1. The molecule has 1 amide bonds. The van der Waals surface area contributed by atoms with Crippen LogP contribution in [0.4, 0.5) is 5.69 Å². The minimum atomic E-state index is -0.432. The van der Waals surface area contributed by atoms with Crippen LogP contribution in [0.15, 0.2) is 18.2 Å². The van der Waals surface area contributed by atoms with Crippen LogP contribution in [0, 0.1) is 19.8 Å². The van der Waals surface area contributed by atoms with E-state index in [1.807, 2.05) is 37.8 Å². The third-order valence-corrected chi connectivity index (χ3v) is 3.58. The average Bonchev–Trinajstić information content (AvgIpc) is 2.97. The van der Waals surface area contributed by atoms with Crippen molar-refractivity contribution in [3.63, 3.8) is 0 Å². The lowest BCUT2D eigenvalue weighted by molar-refractivity contribution is -0.120. The number of amides is 1. The van der Waals surface area contributed by atoms with Gasteiger partial charge in [0, 0.05) is 12.2 Å². The Morgan fingerprint density at radius 2 is 2.00 bits per heavy atom. The molecule has 1 unspecified atom stereocenters. The van der Waals surface area contributed by atoms with E-state index in [4.69, 9.17) is 0 Å². The zero-order chi connectivity index (χ0) is 16.3. The highest BCUT2D eigenvalue weighted by Gasteiger charge is 2.27. The number of H-pyrrole nitrogens is 1. The third kappa shape index (κ3) is 3.50. The molecule has 0 radical (unpaired) electrons. The maximum Gasteiger partial charge on any atom is 0.237 e. The largest absolute Gasteiger partial charge is 0.311 e. The van der Waals surface area contributed by atoms with E-state index in [1.54, 1.807) is 0 Å². The first kappa shape index (κ1) is 16.1. The van der Waals surface area contributed by atoms with Gasteiger partial charge in [-0.3, -0.25) is 4.79 Å². The number of tetrazole rings is 1. The first-order chi connectivity index (χ1) is 10.4. The van der Waals surface area contributed by atoms with Gasteiger partial charge in [0.05, 0.1) is 5.92 Å². The van der Waals surface area contributed by atoms with Gasteiger partial charge in [-0.1, -0.05) is 36.8 Å². The summed E-state index contributed by atoms with van der Waals surface area (Å²) in [6.45, 7) is 10.7. The van der Waals surface area contributed by atoms with Crippen LogP contribution < -0.4 is 4.90 Å². The molecule has 2 rings (SSSR count). The van der Waals surface area contributed by atoms with Crippen LogP contribution in [-0.2, 0) is 4.79 Å². The van der Waals surface area contributed by atoms with E-state index in [9.17, 15) is 4.79 Å². The smallest absolute Gasteiger partial charge is 0.237 e. The van der Waals surface area contributed by atoms with Crippen LogP contribution in [0.3, 0.4) is 0 Å². The van der Waals surface area contributed by atoms with Crippen molar-refractivity contribution < 1.29 is 4.79 Å². The Bertz CT molecular complexity index is 636. The van der Waals surface area contributed by atoms with Crippen molar-refractivity contribution in [2.24, 2.45) is 5.92 Å². The fourth-order valence-electron chi connectivity index (χ4n) is 2.48. The number of carbonyl (C=O) groups is 1. The lowest BCUT2D eigenvalue weighted by atomic mass is 10.0. The van der Waals surface area contributed by atoms with Crippen molar-refractivity contribution in [1.29, 1.82) is 0 Å². The number of aromatic amines is 1. The topological polar surface area (TPSA) is 74.8 Å². The SMILES string of the molecule is Cc1ccc(N(CC(C)C)C(=O)C(C)c2nn[nH]n2)c(C)c1. The van der Waals surface area contributed by atoms with Gasteiger partial charge in [0.15, 0.2) is 5.82 Å². The molecule has 0 fully saturated rings. The summed E-state index contributed by atoms with van der Waals surface area (Å²) >= 11 is 0. The number of nitrogens with one attached hydrogen (secondary N) is 1. The molecule has 0 bridgehead atoms. The van der Waals surface area contributed by atoms with Crippen molar-refractivity contribution in [2.75, 3.05) is 11.4 Å². The van der Waals surface area contributed by atoms with Gasteiger partial charge in [-0.05, 0) is 38.3 Å². The fourth-order valence-corrected chi connectivity index (χ4v) is 2.48. The molecule has 0 aliphatic heterocycles. The molecule has 0 aliphatic rings. The summed E-state index contributed by atoms with van der Waals surface area (Å²) in [5.74, 6) is 0.339. The maximum atomic E-state index is 12.9. The Morgan fingerprint density at radius 3 is 2.55 bits per heavy atom. The van der Waals surface area contributed by atoms with E-state index in [-0.39, 0.29) is 5.91 Å². The second-order valence-corrected chi connectivity index (χ2v) is 6.12. The number of rotatable bonds is 5. The van der Waals surface area contributed by atoms with Crippen LogP contribution in [0.5, 0.6) is 0 Å². The van der Waals surface area contributed by atoms with E-state index in [1.165, 1.54) is 5.56 Å². The Hall–Kier alpha value is -2.24. The molecule has 1 heterocycles. The molecule has 0 saturated heterocycles. The predicted octanol–water partition coefficient (Wildman–Crippen LogP) is 2.61. The summed E-state index contributed by atoms with van der Waals surface area (Å²) < 4.78 is 0. The van der Waals surface area contributed by atoms with Gasteiger partial charge < -0.3 is 4.90 Å². The minimum absolute atomic E-state index is 0.0120. The molecule has 0 saturated carbocycles. The molecule has 2 aromatic rings.